The maximum atomic E-state index is 5.66. The number of halogens is 1. The second kappa shape index (κ2) is 6.67. The van der Waals surface area contributed by atoms with Crippen molar-refractivity contribution in [2.24, 2.45) is 5.92 Å². The molecule has 1 aliphatic carbocycles. The van der Waals surface area contributed by atoms with Crippen molar-refractivity contribution < 1.29 is 4.74 Å². The van der Waals surface area contributed by atoms with Gasteiger partial charge in [-0.25, -0.2) is 0 Å². The molecule has 1 saturated carbocycles. The number of hydrogen-bond donors (Lipinski definition) is 1. The Morgan fingerprint density at radius 3 is 2.86 bits per heavy atom. The molecular formula is C17H25BrN2O. The van der Waals surface area contributed by atoms with Gasteiger partial charge < -0.3 is 15.0 Å². The zero-order chi connectivity index (χ0) is 14.8. The molecule has 21 heavy (non-hydrogen) atoms. The first kappa shape index (κ1) is 15.3. The highest BCUT2D eigenvalue weighted by Crippen LogP contribution is 2.31. The highest BCUT2D eigenvalue weighted by molar-refractivity contribution is 9.10. The van der Waals surface area contributed by atoms with Crippen LogP contribution in [0.15, 0.2) is 22.7 Å². The average molecular weight is 353 g/mol. The van der Waals surface area contributed by atoms with Crippen molar-refractivity contribution in [2.75, 3.05) is 25.1 Å². The molecule has 116 valence electrons. The summed E-state index contributed by atoms with van der Waals surface area (Å²) in [5, 5.41) is 3.63. The Hall–Kier alpha value is -0.580. The van der Waals surface area contributed by atoms with Gasteiger partial charge in [-0.05, 0) is 42.9 Å². The molecule has 0 radical (unpaired) electrons. The van der Waals surface area contributed by atoms with Crippen molar-refractivity contribution in [1.29, 1.82) is 0 Å². The van der Waals surface area contributed by atoms with Crippen LogP contribution in [0.5, 0.6) is 0 Å². The molecule has 0 spiro atoms. The number of nitrogens with zero attached hydrogens (tertiary/aromatic N) is 1. The Balaban J connectivity index is 1.76. The largest absolute Gasteiger partial charge is 0.379 e. The van der Waals surface area contributed by atoms with Crippen molar-refractivity contribution in [1.82, 2.24) is 5.32 Å². The lowest BCUT2D eigenvalue weighted by molar-refractivity contribution is 0.0498. The predicted octanol–water partition coefficient (Wildman–Crippen LogP) is 3.56. The van der Waals surface area contributed by atoms with E-state index < -0.39 is 0 Å². The first-order valence-electron chi connectivity index (χ1n) is 7.97. The Labute approximate surface area is 136 Å². The quantitative estimate of drug-likeness (QED) is 0.876. The Morgan fingerprint density at radius 1 is 1.33 bits per heavy atom. The minimum atomic E-state index is 0.335. The molecule has 1 heterocycles. The van der Waals surface area contributed by atoms with Crippen molar-refractivity contribution in [3.63, 3.8) is 0 Å². The van der Waals surface area contributed by atoms with Crippen molar-refractivity contribution in [3.8, 4) is 0 Å². The summed E-state index contributed by atoms with van der Waals surface area (Å²) < 4.78 is 6.82. The molecule has 0 amide bonds. The number of ether oxygens (including phenoxy) is 1. The minimum Gasteiger partial charge on any atom is -0.379 e. The molecule has 2 atom stereocenters. The molecule has 0 aromatic heterocycles. The molecule has 2 unspecified atom stereocenters. The van der Waals surface area contributed by atoms with Gasteiger partial charge in [0.1, 0.15) is 0 Å². The number of hydrogen-bond acceptors (Lipinski definition) is 3. The number of rotatable bonds is 5. The Morgan fingerprint density at radius 2 is 2.14 bits per heavy atom. The number of piperidine rings is 1. The summed E-state index contributed by atoms with van der Waals surface area (Å²) in [4.78, 5) is 2.49. The highest BCUT2D eigenvalue weighted by atomic mass is 79.9. The third kappa shape index (κ3) is 3.79. The SMILES string of the molecule is COC1CN(c2cc(Br)ccc2CNC2CC2)CCC1C. The van der Waals surface area contributed by atoms with Crippen molar-refractivity contribution in [3.05, 3.63) is 28.2 Å². The first-order chi connectivity index (χ1) is 10.2. The normalized spacial score (nSPS) is 26.1. The van der Waals surface area contributed by atoms with Gasteiger partial charge in [-0.1, -0.05) is 28.9 Å². The second-order valence-corrected chi connectivity index (χ2v) is 7.33. The minimum absolute atomic E-state index is 0.335. The van der Waals surface area contributed by atoms with Crippen LogP contribution in [-0.4, -0.2) is 32.3 Å². The van der Waals surface area contributed by atoms with Gasteiger partial charge in [-0.2, -0.15) is 0 Å². The monoisotopic (exact) mass is 352 g/mol. The summed E-state index contributed by atoms with van der Waals surface area (Å²) in [7, 11) is 1.83. The van der Waals surface area contributed by atoms with E-state index in [1.807, 2.05) is 7.11 Å². The predicted molar refractivity (Wildman–Crippen MR) is 90.8 cm³/mol. The van der Waals surface area contributed by atoms with E-state index in [-0.39, 0.29) is 0 Å². The van der Waals surface area contributed by atoms with Crippen LogP contribution in [0.3, 0.4) is 0 Å². The number of anilines is 1. The summed E-state index contributed by atoms with van der Waals surface area (Å²) in [5.41, 5.74) is 2.75. The van der Waals surface area contributed by atoms with Gasteiger partial charge in [-0.15, -0.1) is 0 Å². The Kier molecular flexibility index (Phi) is 4.87. The lowest BCUT2D eigenvalue weighted by Gasteiger charge is -2.38. The lowest BCUT2D eigenvalue weighted by Crippen LogP contribution is -2.44. The van der Waals surface area contributed by atoms with Gasteiger partial charge in [0, 0.05) is 42.9 Å². The second-order valence-electron chi connectivity index (χ2n) is 6.41. The molecule has 1 saturated heterocycles. The number of methoxy groups -OCH3 is 1. The van der Waals surface area contributed by atoms with E-state index in [1.165, 1.54) is 30.5 Å². The molecule has 2 fully saturated rings. The fourth-order valence-corrected chi connectivity index (χ4v) is 3.43. The van der Waals surface area contributed by atoms with Gasteiger partial charge in [0.15, 0.2) is 0 Å². The van der Waals surface area contributed by atoms with Crippen LogP contribution in [-0.2, 0) is 11.3 Å². The third-order valence-corrected chi connectivity index (χ3v) is 5.23. The number of benzene rings is 1. The summed E-state index contributed by atoms with van der Waals surface area (Å²) in [6.45, 7) is 5.37. The molecule has 2 aliphatic rings. The van der Waals surface area contributed by atoms with Crippen LogP contribution < -0.4 is 10.2 Å². The molecule has 1 aliphatic heterocycles. The van der Waals surface area contributed by atoms with Gasteiger partial charge in [0.2, 0.25) is 0 Å². The third-order valence-electron chi connectivity index (χ3n) is 4.74. The van der Waals surface area contributed by atoms with Crippen LogP contribution in [0.25, 0.3) is 0 Å². The van der Waals surface area contributed by atoms with Crippen LogP contribution in [0, 0.1) is 5.92 Å². The van der Waals surface area contributed by atoms with E-state index >= 15 is 0 Å². The zero-order valence-corrected chi connectivity index (χ0v) is 14.5. The zero-order valence-electron chi connectivity index (χ0n) is 12.9. The molecular weight excluding hydrogens is 328 g/mol. The van der Waals surface area contributed by atoms with Gasteiger partial charge in [0.05, 0.1) is 6.10 Å². The molecule has 3 nitrogen and oxygen atoms in total. The van der Waals surface area contributed by atoms with Gasteiger partial charge in [0.25, 0.3) is 0 Å². The van der Waals surface area contributed by atoms with E-state index in [4.69, 9.17) is 4.74 Å². The fraction of sp³-hybridized carbons (Fsp3) is 0.647. The standard InChI is InChI=1S/C17H25BrN2O/c1-12-7-8-20(11-17(12)21-2)16-9-14(18)4-3-13(16)10-19-15-5-6-15/h3-4,9,12,15,17,19H,5-8,10-11H2,1-2H3. The molecule has 3 rings (SSSR count). The number of nitrogens with one attached hydrogen (secondary N) is 1. The van der Waals surface area contributed by atoms with Crippen LogP contribution in [0.2, 0.25) is 0 Å². The van der Waals surface area contributed by atoms with Crippen LogP contribution in [0.4, 0.5) is 5.69 Å². The Bertz CT molecular complexity index is 490. The highest BCUT2D eigenvalue weighted by Gasteiger charge is 2.27. The fourth-order valence-electron chi connectivity index (χ4n) is 3.08. The van der Waals surface area contributed by atoms with E-state index in [9.17, 15) is 0 Å². The topological polar surface area (TPSA) is 24.5 Å². The molecule has 1 aromatic rings. The summed E-state index contributed by atoms with van der Waals surface area (Å²) >= 11 is 3.62. The average Bonchev–Trinajstić information content (AvgIpc) is 3.31. The molecule has 4 heteroatoms. The molecule has 0 bridgehead atoms. The van der Waals surface area contributed by atoms with Gasteiger partial charge >= 0.3 is 0 Å². The van der Waals surface area contributed by atoms with Gasteiger partial charge in [-0.3, -0.25) is 0 Å². The van der Waals surface area contributed by atoms with E-state index in [1.54, 1.807) is 0 Å². The smallest absolute Gasteiger partial charge is 0.0772 e. The van der Waals surface area contributed by atoms with E-state index in [0.29, 0.717) is 12.0 Å². The summed E-state index contributed by atoms with van der Waals surface area (Å²) in [5.74, 6) is 0.645. The molecule has 1 aromatic carbocycles. The lowest BCUT2D eigenvalue weighted by atomic mass is 9.95. The van der Waals surface area contributed by atoms with E-state index in [2.05, 4.69) is 51.3 Å². The van der Waals surface area contributed by atoms with E-state index in [0.717, 1.165) is 30.1 Å². The van der Waals surface area contributed by atoms with Crippen LogP contribution >= 0.6 is 15.9 Å². The van der Waals surface area contributed by atoms with Crippen LogP contribution in [0.1, 0.15) is 31.7 Å². The summed E-state index contributed by atoms with van der Waals surface area (Å²) in [6.07, 6.45) is 4.19. The maximum absolute atomic E-state index is 5.66. The summed E-state index contributed by atoms with van der Waals surface area (Å²) in [6, 6.07) is 7.39. The molecule has 1 N–H and O–H groups in total. The van der Waals surface area contributed by atoms with Crippen molar-refractivity contribution in [2.45, 2.75) is 44.9 Å². The van der Waals surface area contributed by atoms with Crippen molar-refractivity contribution >= 4 is 21.6 Å². The first-order valence-corrected chi connectivity index (χ1v) is 8.76. The maximum Gasteiger partial charge on any atom is 0.0772 e.